The van der Waals surface area contributed by atoms with Gasteiger partial charge < -0.3 is 5.32 Å². The van der Waals surface area contributed by atoms with Gasteiger partial charge >= 0.3 is 0 Å². The third-order valence-electron chi connectivity index (χ3n) is 3.50. The number of rotatable bonds is 5. The molecule has 3 rings (SSSR count). The van der Waals surface area contributed by atoms with Crippen molar-refractivity contribution in [1.29, 1.82) is 0 Å². The summed E-state index contributed by atoms with van der Waals surface area (Å²) in [7, 11) is 0. The topological polar surface area (TPSA) is 53.5 Å². The molecular formula is C19H16FN3O. The maximum Gasteiger partial charge on any atom is 0.259 e. The molecule has 0 saturated carbocycles. The molecule has 24 heavy (non-hydrogen) atoms. The van der Waals surface area contributed by atoms with E-state index in [0.717, 1.165) is 16.5 Å². The second-order valence-electron chi connectivity index (χ2n) is 5.23. The van der Waals surface area contributed by atoms with Gasteiger partial charge in [-0.2, -0.15) is 5.10 Å². The Bertz CT molecular complexity index is 892. The average Bonchev–Trinajstić information content (AvgIpc) is 2.61. The molecule has 0 aromatic heterocycles. The predicted octanol–water partition coefficient (Wildman–Crippen LogP) is 3.54. The van der Waals surface area contributed by atoms with Gasteiger partial charge in [-0.05, 0) is 29.0 Å². The zero-order valence-electron chi connectivity index (χ0n) is 12.9. The summed E-state index contributed by atoms with van der Waals surface area (Å²) in [6.45, 7) is 0.0763. The molecule has 0 fully saturated rings. The number of hydrogen-bond donors (Lipinski definition) is 2. The average molecular weight is 321 g/mol. The smallest absolute Gasteiger partial charge is 0.259 e. The van der Waals surface area contributed by atoms with Crippen LogP contribution in [0.4, 0.5) is 10.1 Å². The maximum atomic E-state index is 13.4. The first-order chi connectivity index (χ1) is 11.7. The molecule has 0 radical (unpaired) electrons. The minimum absolute atomic E-state index is 0.0763. The summed E-state index contributed by atoms with van der Waals surface area (Å²) in [6, 6.07) is 20.1. The molecule has 3 aromatic rings. The van der Waals surface area contributed by atoms with E-state index in [0.29, 0.717) is 5.56 Å². The van der Waals surface area contributed by atoms with Crippen LogP contribution in [0.15, 0.2) is 71.8 Å². The van der Waals surface area contributed by atoms with Gasteiger partial charge in [-0.15, -0.1) is 0 Å². The SMILES string of the molecule is O=C(CNc1ccc2ccccc2c1)N/N=C/c1ccccc1F. The molecule has 5 heteroatoms. The summed E-state index contributed by atoms with van der Waals surface area (Å²) in [6.07, 6.45) is 1.28. The van der Waals surface area contributed by atoms with Crippen molar-refractivity contribution in [3.8, 4) is 0 Å². The largest absolute Gasteiger partial charge is 0.376 e. The lowest BCUT2D eigenvalue weighted by Crippen LogP contribution is -2.25. The number of halogens is 1. The summed E-state index contributed by atoms with van der Waals surface area (Å²) in [5.41, 5.74) is 3.54. The van der Waals surface area contributed by atoms with E-state index in [9.17, 15) is 9.18 Å². The second-order valence-corrected chi connectivity index (χ2v) is 5.23. The number of anilines is 1. The number of carbonyl (C=O) groups excluding carboxylic acids is 1. The molecule has 0 aliphatic carbocycles. The Morgan fingerprint density at radius 1 is 1.00 bits per heavy atom. The van der Waals surface area contributed by atoms with Crippen LogP contribution in [0.25, 0.3) is 10.8 Å². The number of fused-ring (bicyclic) bond motifs is 1. The fourth-order valence-electron chi connectivity index (χ4n) is 2.27. The molecule has 1 amide bonds. The molecule has 0 aliphatic heterocycles. The number of nitrogens with zero attached hydrogens (tertiary/aromatic N) is 1. The molecule has 4 nitrogen and oxygen atoms in total. The van der Waals surface area contributed by atoms with Gasteiger partial charge in [0.15, 0.2) is 0 Å². The Hall–Kier alpha value is -3.21. The van der Waals surface area contributed by atoms with Crippen LogP contribution in [0.5, 0.6) is 0 Å². The van der Waals surface area contributed by atoms with Crippen molar-refractivity contribution < 1.29 is 9.18 Å². The standard InChI is InChI=1S/C19H16FN3O/c20-18-8-4-3-7-16(18)12-22-23-19(24)13-21-17-10-9-14-5-1-2-6-15(14)11-17/h1-12,21H,13H2,(H,23,24)/b22-12+. The van der Waals surface area contributed by atoms with Crippen LogP contribution >= 0.6 is 0 Å². The predicted molar refractivity (Wildman–Crippen MR) is 94.6 cm³/mol. The molecule has 0 heterocycles. The van der Waals surface area contributed by atoms with Crippen LogP contribution in [0.1, 0.15) is 5.56 Å². The van der Waals surface area contributed by atoms with Crippen molar-refractivity contribution in [3.63, 3.8) is 0 Å². The van der Waals surface area contributed by atoms with E-state index in [1.165, 1.54) is 12.3 Å². The summed E-state index contributed by atoms with van der Waals surface area (Å²) in [5, 5.41) is 9.04. The number of benzene rings is 3. The summed E-state index contributed by atoms with van der Waals surface area (Å²) < 4.78 is 13.4. The third kappa shape index (κ3) is 3.95. The van der Waals surface area contributed by atoms with Gasteiger partial charge in [-0.1, -0.05) is 48.5 Å². The lowest BCUT2D eigenvalue weighted by Gasteiger charge is -2.06. The fraction of sp³-hybridized carbons (Fsp3) is 0.0526. The zero-order valence-corrected chi connectivity index (χ0v) is 12.9. The normalized spacial score (nSPS) is 10.9. The van der Waals surface area contributed by atoms with Crippen molar-refractivity contribution in [2.75, 3.05) is 11.9 Å². The van der Waals surface area contributed by atoms with Crippen LogP contribution in [-0.4, -0.2) is 18.7 Å². The van der Waals surface area contributed by atoms with E-state index in [2.05, 4.69) is 15.8 Å². The van der Waals surface area contributed by atoms with Gasteiger partial charge in [0.2, 0.25) is 0 Å². The van der Waals surface area contributed by atoms with Crippen molar-refractivity contribution in [2.24, 2.45) is 5.10 Å². The molecule has 2 N–H and O–H groups in total. The number of hydrogen-bond acceptors (Lipinski definition) is 3. The highest BCUT2D eigenvalue weighted by molar-refractivity contribution is 5.87. The Kier molecular flexibility index (Phi) is 4.81. The van der Waals surface area contributed by atoms with Crippen molar-refractivity contribution in [2.45, 2.75) is 0 Å². The molecular weight excluding hydrogens is 305 g/mol. The van der Waals surface area contributed by atoms with Gasteiger partial charge in [0.1, 0.15) is 5.82 Å². The van der Waals surface area contributed by atoms with E-state index in [1.807, 2.05) is 42.5 Å². The van der Waals surface area contributed by atoms with Crippen LogP contribution < -0.4 is 10.7 Å². The van der Waals surface area contributed by atoms with Gasteiger partial charge in [0, 0.05) is 11.3 Å². The Morgan fingerprint density at radius 3 is 2.58 bits per heavy atom. The molecule has 0 bridgehead atoms. The van der Waals surface area contributed by atoms with Crippen LogP contribution in [0.2, 0.25) is 0 Å². The van der Waals surface area contributed by atoms with Gasteiger partial charge in [-0.25, -0.2) is 9.82 Å². The number of nitrogens with one attached hydrogen (secondary N) is 2. The number of hydrazone groups is 1. The lowest BCUT2D eigenvalue weighted by molar-refractivity contribution is -0.119. The van der Waals surface area contributed by atoms with E-state index >= 15 is 0 Å². The molecule has 0 saturated heterocycles. The summed E-state index contributed by atoms with van der Waals surface area (Å²) >= 11 is 0. The van der Waals surface area contributed by atoms with Gasteiger partial charge in [0.25, 0.3) is 5.91 Å². The zero-order chi connectivity index (χ0) is 16.8. The second kappa shape index (κ2) is 7.37. The van der Waals surface area contributed by atoms with E-state index in [-0.39, 0.29) is 18.3 Å². The monoisotopic (exact) mass is 321 g/mol. The van der Waals surface area contributed by atoms with Crippen LogP contribution in [0, 0.1) is 5.82 Å². The highest BCUT2D eigenvalue weighted by Gasteiger charge is 2.01. The lowest BCUT2D eigenvalue weighted by atomic mass is 10.1. The van der Waals surface area contributed by atoms with Gasteiger partial charge in [-0.3, -0.25) is 4.79 Å². The molecule has 0 atom stereocenters. The quantitative estimate of drug-likeness (QED) is 0.558. The van der Waals surface area contributed by atoms with E-state index < -0.39 is 0 Å². The molecule has 3 aromatic carbocycles. The molecule has 120 valence electrons. The number of carbonyl (C=O) groups is 1. The molecule has 0 spiro atoms. The summed E-state index contributed by atoms with van der Waals surface area (Å²) in [5.74, 6) is -0.694. The minimum Gasteiger partial charge on any atom is -0.376 e. The molecule has 0 aliphatic rings. The fourth-order valence-corrected chi connectivity index (χ4v) is 2.27. The van der Waals surface area contributed by atoms with Crippen molar-refractivity contribution in [3.05, 3.63) is 78.1 Å². The molecule has 0 unspecified atom stereocenters. The Morgan fingerprint density at radius 2 is 1.75 bits per heavy atom. The summed E-state index contributed by atoms with van der Waals surface area (Å²) in [4.78, 5) is 11.8. The third-order valence-corrected chi connectivity index (χ3v) is 3.50. The number of amides is 1. The highest BCUT2D eigenvalue weighted by Crippen LogP contribution is 2.18. The van der Waals surface area contributed by atoms with E-state index in [1.54, 1.807) is 18.2 Å². The maximum absolute atomic E-state index is 13.4. The minimum atomic E-state index is -0.384. The van der Waals surface area contributed by atoms with Crippen molar-refractivity contribution in [1.82, 2.24) is 5.43 Å². The van der Waals surface area contributed by atoms with Crippen molar-refractivity contribution >= 4 is 28.6 Å². The first-order valence-corrected chi connectivity index (χ1v) is 7.51. The Balaban J connectivity index is 1.54. The van der Waals surface area contributed by atoms with Gasteiger partial charge in [0.05, 0.1) is 12.8 Å². The first kappa shape index (κ1) is 15.7. The Labute approximate surface area is 139 Å². The highest BCUT2D eigenvalue weighted by atomic mass is 19.1. The first-order valence-electron chi connectivity index (χ1n) is 7.51. The van der Waals surface area contributed by atoms with Crippen LogP contribution in [0.3, 0.4) is 0 Å². The van der Waals surface area contributed by atoms with E-state index in [4.69, 9.17) is 0 Å². The van der Waals surface area contributed by atoms with Crippen LogP contribution in [-0.2, 0) is 4.79 Å².